The number of halogens is 2. The van der Waals surface area contributed by atoms with Crippen LogP contribution in [0.25, 0.3) is 0 Å². The quantitative estimate of drug-likeness (QED) is 0.919. The van der Waals surface area contributed by atoms with Crippen LogP contribution in [-0.4, -0.2) is 18.2 Å². The van der Waals surface area contributed by atoms with Gasteiger partial charge in [-0.05, 0) is 17.7 Å². The molecule has 0 bridgehead atoms. The highest BCUT2D eigenvalue weighted by molar-refractivity contribution is 5.91. The summed E-state index contributed by atoms with van der Waals surface area (Å²) in [7, 11) is 1.37. The maximum Gasteiger partial charge on any atom is 0.339 e. The maximum absolute atomic E-state index is 13.0. The first-order valence-electron chi connectivity index (χ1n) is 5.98. The zero-order valence-electron chi connectivity index (χ0n) is 11.1. The third kappa shape index (κ3) is 3.68. The molecule has 0 aliphatic carbocycles. The lowest BCUT2D eigenvalue weighted by atomic mass is 10.1. The van der Waals surface area contributed by atoms with Gasteiger partial charge in [0.25, 0.3) is 0 Å². The summed E-state index contributed by atoms with van der Waals surface area (Å²) in [5, 5.41) is 9.06. The smallest absolute Gasteiger partial charge is 0.339 e. The predicted octanol–water partition coefficient (Wildman–Crippen LogP) is 3.25. The van der Waals surface area contributed by atoms with E-state index in [0.717, 1.165) is 18.2 Å². The van der Waals surface area contributed by atoms with Gasteiger partial charge in [-0.2, -0.15) is 0 Å². The zero-order valence-corrected chi connectivity index (χ0v) is 11.1. The second kappa shape index (κ2) is 6.21. The average Bonchev–Trinajstić information content (AvgIpc) is 2.43. The molecule has 110 valence electrons. The van der Waals surface area contributed by atoms with Crippen molar-refractivity contribution in [2.24, 2.45) is 0 Å². The molecule has 21 heavy (non-hydrogen) atoms. The Morgan fingerprint density at radius 3 is 2.38 bits per heavy atom. The molecule has 4 nitrogen and oxygen atoms in total. The summed E-state index contributed by atoms with van der Waals surface area (Å²) in [6, 6.07) is 7.32. The van der Waals surface area contributed by atoms with Crippen molar-refractivity contribution >= 4 is 5.97 Å². The molecule has 1 N–H and O–H groups in total. The Hall–Kier alpha value is -2.63. The fourth-order valence-electron chi connectivity index (χ4n) is 1.79. The molecule has 0 fully saturated rings. The maximum atomic E-state index is 13.0. The van der Waals surface area contributed by atoms with Gasteiger partial charge >= 0.3 is 5.97 Å². The number of benzene rings is 2. The van der Waals surface area contributed by atoms with Crippen molar-refractivity contribution in [3.63, 3.8) is 0 Å². The number of ether oxygens (including phenoxy) is 2. The second-order valence-corrected chi connectivity index (χ2v) is 4.23. The largest absolute Gasteiger partial charge is 0.496 e. The van der Waals surface area contributed by atoms with E-state index < -0.39 is 17.6 Å². The first-order valence-corrected chi connectivity index (χ1v) is 5.98. The molecule has 2 aromatic rings. The Balaban J connectivity index is 2.16. The van der Waals surface area contributed by atoms with Crippen LogP contribution in [0.1, 0.15) is 15.9 Å². The molecule has 6 heteroatoms. The van der Waals surface area contributed by atoms with Gasteiger partial charge in [0.1, 0.15) is 35.3 Å². The Bertz CT molecular complexity index is 650. The van der Waals surface area contributed by atoms with Crippen molar-refractivity contribution in [1.29, 1.82) is 0 Å². The molecular formula is C15H12F2O4. The normalized spacial score (nSPS) is 10.2. The van der Waals surface area contributed by atoms with Gasteiger partial charge in [0, 0.05) is 18.2 Å². The Morgan fingerprint density at radius 2 is 1.81 bits per heavy atom. The van der Waals surface area contributed by atoms with Gasteiger partial charge < -0.3 is 14.6 Å². The van der Waals surface area contributed by atoms with E-state index in [0.29, 0.717) is 5.56 Å². The van der Waals surface area contributed by atoms with Crippen LogP contribution in [0, 0.1) is 11.6 Å². The summed E-state index contributed by atoms with van der Waals surface area (Å²) >= 11 is 0. The standard InChI is InChI=1S/C15H12F2O4/c1-20-14-3-2-9(4-13(14)15(18)19)8-21-12-6-10(16)5-11(17)7-12/h2-7H,8H2,1H3,(H,18,19). The third-order valence-electron chi connectivity index (χ3n) is 2.74. The summed E-state index contributed by atoms with van der Waals surface area (Å²) in [5.41, 5.74) is 0.530. The number of rotatable bonds is 5. The van der Waals surface area contributed by atoms with Crippen molar-refractivity contribution in [3.8, 4) is 11.5 Å². The summed E-state index contributed by atoms with van der Waals surface area (Å²) in [6.45, 7) is -0.0207. The van der Waals surface area contributed by atoms with Crippen LogP contribution in [0.4, 0.5) is 8.78 Å². The van der Waals surface area contributed by atoms with E-state index in [9.17, 15) is 13.6 Å². The molecule has 2 rings (SSSR count). The second-order valence-electron chi connectivity index (χ2n) is 4.23. The van der Waals surface area contributed by atoms with Gasteiger partial charge in [0.2, 0.25) is 0 Å². The molecule has 0 aliphatic heterocycles. The predicted molar refractivity (Wildman–Crippen MR) is 70.6 cm³/mol. The number of carboxylic acids is 1. The van der Waals surface area contributed by atoms with Gasteiger partial charge in [-0.1, -0.05) is 6.07 Å². The van der Waals surface area contributed by atoms with Crippen LogP contribution < -0.4 is 9.47 Å². The van der Waals surface area contributed by atoms with E-state index in [-0.39, 0.29) is 23.7 Å². The summed E-state index contributed by atoms with van der Waals surface area (Å²) in [5.74, 6) is -2.37. The van der Waals surface area contributed by atoms with E-state index in [4.69, 9.17) is 14.6 Å². The van der Waals surface area contributed by atoms with Crippen LogP contribution in [0.2, 0.25) is 0 Å². The van der Waals surface area contributed by atoms with Crippen LogP contribution in [0.5, 0.6) is 11.5 Å². The highest BCUT2D eigenvalue weighted by Gasteiger charge is 2.12. The Kier molecular flexibility index (Phi) is 4.37. The average molecular weight is 294 g/mol. The van der Waals surface area contributed by atoms with Crippen molar-refractivity contribution < 1.29 is 28.2 Å². The first kappa shape index (κ1) is 14.8. The number of aromatic carboxylic acids is 1. The third-order valence-corrected chi connectivity index (χ3v) is 2.74. The lowest BCUT2D eigenvalue weighted by Crippen LogP contribution is -2.03. The fourth-order valence-corrected chi connectivity index (χ4v) is 1.79. The Labute approximate surface area is 119 Å². The van der Waals surface area contributed by atoms with Crippen molar-refractivity contribution in [2.45, 2.75) is 6.61 Å². The van der Waals surface area contributed by atoms with E-state index in [1.54, 1.807) is 6.07 Å². The van der Waals surface area contributed by atoms with Gasteiger partial charge in [0.15, 0.2) is 0 Å². The molecule has 0 saturated heterocycles. The number of methoxy groups -OCH3 is 1. The van der Waals surface area contributed by atoms with E-state index in [1.165, 1.54) is 19.2 Å². The lowest BCUT2D eigenvalue weighted by molar-refractivity contribution is 0.0693. The van der Waals surface area contributed by atoms with Gasteiger partial charge in [0.05, 0.1) is 7.11 Å². The van der Waals surface area contributed by atoms with Crippen molar-refractivity contribution in [2.75, 3.05) is 7.11 Å². The summed E-state index contributed by atoms with van der Waals surface area (Å²) < 4.78 is 36.2. The fraction of sp³-hybridized carbons (Fsp3) is 0.133. The SMILES string of the molecule is COc1ccc(COc2cc(F)cc(F)c2)cc1C(=O)O. The number of hydrogen-bond donors (Lipinski definition) is 1. The summed E-state index contributed by atoms with van der Waals surface area (Å²) in [4.78, 5) is 11.1. The minimum Gasteiger partial charge on any atom is -0.496 e. The monoisotopic (exact) mass is 294 g/mol. The van der Waals surface area contributed by atoms with Crippen LogP contribution >= 0.6 is 0 Å². The minimum atomic E-state index is -1.13. The van der Waals surface area contributed by atoms with Crippen LogP contribution in [0.3, 0.4) is 0 Å². The molecule has 0 amide bonds. The molecule has 0 aliphatic rings. The number of carbonyl (C=O) groups is 1. The molecule has 0 unspecified atom stereocenters. The number of hydrogen-bond acceptors (Lipinski definition) is 3. The molecule has 2 aromatic carbocycles. The van der Waals surface area contributed by atoms with Gasteiger partial charge in [-0.25, -0.2) is 13.6 Å². The molecule has 0 heterocycles. The minimum absolute atomic E-state index is 0.0102. The van der Waals surface area contributed by atoms with Gasteiger partial charge in [-0.3, -0.25) is 0 Å². The molecule has 0 saturated carbocycles. The highest BCUT2D eigenvalue weighted by atomic mass is 19.1. The van der Waals surface area contributed by atoms with Crippen LogP contribution in [-0.2, 0) is 6.61 Å². The van der Waals surface area contributed by atoms with Gasteiger partial charge in [-0.15, -0.1) is 0 Å². The number of carboxylic acid groups (broad SMARTS) is 1. The zero-order chi connectivity index (χ0) is 15.4. The molecule has 0 spiro atoms. The van der Waals surface area contributed by atoms with Crippen LogP contribution in [0.15, 0.2) is 36.4 Å². The molecular weight excluding hydrogens is 282 g/mol. The van der Waals surface area contributed by atoms with E-state index in [2.05, 4.69) is 0 Å². The topological polar surface area (TPSA) is 55.8 Å². The van der Waals surface area contributed by atoms with Crippen molar-refractivity contribution in [3.05, 3.63) is 59.2 Å². The Morgan fingerprint density at radius 1 is 1.14 bits per heavy atom. The highest BCUT2D eigenvalue weighted by Crippen LogP contribution is 2.22. The molecule has 0 radical (unpaired) electrons. The van der Waals surface area contributed by atoms with E-state index >= 15 is 0 Å². The summed E-state index contributed by atoms with van der Waals surface area (Å²) in [6.07, 6.45) is 0. The van der Waals surface area contributed by atoms with Crippen molar-refractivity contribution in [1.82, 2.24) is 0 Å². The molecule has 0 atom stereocenters. The van der Waals surface area contributed by atoms with E-state index in [1.807, 2.05) is 0 Å². The lowest BCUT2D eigenvalue weighted by Gasteiger charge is -2.09. The first-order chi connectivity index (χ1) is 9.99. The molecule has 0 aromatic heterocycles.